The molecule has 3 atom stereocenters. The standard InChI is InChI=1S/C21H30O3/c1-19(2)18-20(3,11-12-21(19)22-13-14-23-21)10-9-17(24-18)15-16-7-5-4-6-8-16/h4-8,17-18H,9-15H2,1-3H3/t17-,18+,20?/m1/s1. The normalized spacial score (nSPS) is 37.3. The van der Waals surface area contributed by atoms with Crippen LogP contribution in [0.5, 0.6) is 0 Å². The molecule has 1 spiro atoms. The topological polar surface area (TPSA) is 27.7 Å². The zero-order valence-electron chi connectivity index (χ0n) is 15.2. The van der Waals surface area contributed by atoms with Crippen LogP contribution in [0.25, 0.3) is 0 Å². The Bertz CT molecular complexity index is 576. The second kappa shape index (κ2) is 5.82. The SMILES string of the molecule is CC12CC[C@H](Cc3ccccc3)O[C@H]1C(C)(C)C1(CC2)OCCO1. The Kier molecular flexibility index (Phi) is 4.02. The fourth-order valence-corrected chi connectivity index (χ4v) is 5.31. The molecular formula is C21H30O3. The summed E-state index contributed by atoms with van der Waals surface area (Å²) in [6.07, 6.45) is 5.96. The first-order chi connectivity index (χ1) is 11.5. The van der Waals surface area contributed by atoms with Crippen LogP contribution in [0.2, 0.25) is 0 Å². The summed E-state index contributed by atoms with van der Waals surface area (Å²) in [5.74, 6) is -0.453. The van der Waals surface area contributed by atoms with Crippen LogP contribution >= 0.6 is 0 Å². The molecule has 0 N–H and O–H groups in total. The molecular weight excluding hydrogens is 300 g/mol. The Labute approximate surface area is 145 Å². The van der Waals surface area contributed by atoms with E-state index in [1.165, 1.54) is 12.0 Å². The van der Waals surface area contributed by atoms with Crippen LogP contribution < -0.4 is 0 Å². The van der Waals surface area contributed by atoms with E-state index < -0.39 is 5.79 Å². The summed E-state index contributed by atoms with van der Waals surface area (Å²) in [4.78, 5) is 0. The summed E-state index contributed by atoms with van der Waals surface area (Å²) >= 11 is 0. The van der Waals surface area contributed by atoms with Crippen molar-refractivity contribution in [2.75, 3.05) is 13.2 Å². The van der Waals surface area contributed by atoms with Gasteiger partial charge in [0.25, 0.3) is 0 Å². The molecule has 1 aromatic carbocycles. The maximum absolute atomic E-state index is 6.74. The third kappa shape index (κ3) is 2.53. The summed E-state index contributed by atoms with van der Waals surface area (Å²) in [5.41, 5.74) is 1.46. The van der Waals surface area contributed by atoms with E-state index in [4.69, 9.17) is 14.2 Å². The molecule has 4 rings (SSSR count). The lowest BCUT2D eigenvalue weighted by atomic mass is 9.56. The van der Waals surface area contributed by atoms with Gasteiger partial charge in [0.15, 0.2) is 5.79 Å². The molecule has 24 heavy (non-hydrogen) atoms. The van der Waals surface area contributed by atoms with Gasteiger partial charge < -0.3 is 14.2 Å². The van der Waals surface area contributed by atoms with Gasteiger partial charge in [-0.2, -0.15) is 0 Å². The quantitative estimate of drug-likeness (QED) is 0.807. The fraction of sp³-hybridized carbons (Fsp3) is 0.714. The van der Waals surface area contributed by atoms with Crippen LogP contribution in [0, 0.1) is 10.8 Å². The molecule has 3 nitrogen and oxygen atoms in total. The summed E-state index contributed by atoms with van der Waals surface area (Å²) in [5, 5.41) is 0. The molecule has 3 aliphatic rings. The molecule has 0 bridgehead atoms. The number of rotatable bonds is 2. The van der Waals surface area contributed by atoms with Crippen molar-refractivity contribution in [3.8, 4) is 0 Å². The molecule has 3 heteroatoms. The van der Waals surface area contributed by atoms with Crippen LogP contribution in [0.3, 0.4) is 0 Å². The van der Waals surface area contributed by atoms with Gasteiger partial charge in [-0.3, -0.25) is 0 Å². The Morgan fingerprint density at radius 1 is 0.958 bits per heavy atom. The van der Waals surface area contributed by atoms with Crippen LogP contribution in [0.4, 0.5) is 0 Å². The van der Waals surface area contributed by atoms with Gasteiger partial charge in [-0.05, 0) is 36.7 Å². The van der Waals surface area contributed by atoms with Gasteiger partial charge in [0.2, 0.25) is 0 Å². The highest BCUT2D eigenvalue weighted by atomic mass is 16.7. The van der Waals surface area contributed by atoms with Crippen molar-refractivity contribution in [3.63, 3.8) is 0 Å². The van der Waals surface area contributed by atoms with E-state index in [9.17, 15) is 0 Å². The van der Waals surface area contributed by atoms with Crippen LogP contribution in [-0.2, 0) is 20.6 Å². The monoisotopic (exact) mass is 330 g/mol. The van der Waals surface area contributed by atoms with E-state index in [-0.39, 0.29) is 16.9 Å². The molecule has 0 radical (unpaired) electrons. The van der Waals surface area contributed by atoms with Gasteiger partial charge in [-0.25, -0.2) is 0 Å². The third-order valence-electron chi connectivity index (χ3n) is 6.72. The minimum Gasteiger partial charge on any atom is -0.373 e. The fourth-order valence-electron chi connectivity index (χ4n) is 5.31. The molecule has 1 aromatic rings. The van der Waals surface area contributed by atoms with Gasteiger partial charge in [-0.15, -0.1) is 0 Å². The van der Waals surface area contributed by atoms with Crippen molar-refractivity contribution in [2.24, 2.45) is 10.8 Å². The highest BCUT2D eigenvalue weighted by Gasteiger charge is 2.63. The summed E-state index contributed by atoms with van der Waals surface area (Å²) in [6, 6.07) is 10.7. The lowest BCUT2D eigenvalue weighted by molar-refractivity contribution is -0.321. The molecule has 1 saturated carbocycles. The van der Waals surface area contributed by atoms with E-state index in [1.54, 1.807) is 0 Å². The molecule has 0 amide bonds. The molecule has 3 fully saturated rings. The average molecular weight is 330 g/mol. The number of benzene rings is 1. The average Bonchev–Trinajstić information content (AvgIpc) is 3.05. The van der Waals surface area contributed by atoms with Crippen molar-refractivity contribution in [1.82, 2.24) is 0 Å². The largest absolute Gasteiger partial charge is 0.373 e. The number of ether oxygens (including phenoxy) is 3. The predicted octanol–water partition coefficient (Wildman–Crippen LogP) is 4.35. The lowest BCUT2D eigenvalue weighted by Crippen LogP contribution is -2.64. The molecule has 2 heterocycles. The van der Waals surface area contributed by atoms with E-state index in [0.717, 1.165) is 25.7 Å². The van der Waals surface area contributed by atoms with E-state index >= 15 is 0 Å². The zero-order valence-corrected chi connectivity index (χ0v) is 15.2. The minimum atomic E-state index is -0.453. The summed E-state index contributed by atoms with van der Waals surface area (Å²) in [6.45, 7) is 8.39. The molecule has 0 aromatic heterocycles. The molecule has 2 saturated heterocycles. The van der Waals surface area contributed by atoms with Crippen LogP contribution in [-0.4, -0.2) is 31.2 Å². The van der Waals surface area contributed by atoms with Crippen molar-refractivity contribution >= 4 is 0 Å². The first-order valence-corrected chi connectivity index (χ1v) is 9.43. The molecule has 2 aliphatic heterocycles. The highest BCUT2D eigenvalue weighted by Crippen LogP contribution is 2.59. The van der Waals surface area contributed by atoms with Gasteiger partial charge >= 0.3 is 0 Å². The second-order valence-corrected chi connectivity index (χ2v) is 8.69. The Morgan fingerprint density at radius 3 is 2.38 bits per heavy atom. The summed E-state index contributed by atoms with van der Waals surface area (Å²) in [7, 11) is 0. The Hall–Kier alpha value is -0.900. The van der Waals surface area contributed by atoms with E-state index in [2.05, 4.69) is 51.1 Å². The first kappa shape index (κ1) is 16.6. The van der Waals surface area contributed by atoms with Crippen molar-refractivity contribution < 1.29 is 14.2 Å². The maximum atomic E-state index is 6.74. The summed E-state index contributed by atoms with van der Waals surface area (Å²) < 4.78 is 19.0. The third-order valence-corrected chi connectivity index (χ3v) is 6.72. The minimum absolute atomic E-state index is 0.133. The Balaban J connectivity index is 1.56. The van der Waals surface area contributed by atoms with Crippen molar-refractivity contribution in [2.45, 2.75) is 70.9 Å². The van der Waals surface area contributed by atoms with Crippen molar-refractivity contribution in [3.05, 3.63) is 35.9 Å². The maximum Gasteiger partial charge on any atom is 0.176 e. The van der Waals surface area contributed by atoms with Gasteiger partial charge in [0, 0.05) is 11.8 Å². The van der Waals surface area contributed by atoms with Gasteiger partial charge in [0.05, 0.1) is 25.4 Å². The first-order valence-electron chi connectivity index (χ1n) is 9.43. The smallest absolute Gasteiger partial charge is 0.176 e. The lowest BCUT2D eigenvalue weighted by Gasteiger charge is -2.60. The zero-order chi connectivity index (χ0) is 16.8. The van der Waals surface area contributed by atoms with Crippen LogP contribution in [0.1, 0.15) is 52.0 Å². The second-order valence-electron chi connectivity index (χ2n) is 8.69. The van der Waals surface area contributed by atoms with Crippen molar-refractivity contribution in [1.29, 1.82) is 0 Å². The number of hydrogen-bond donors (Lipinski definition) is 0. The van der Waals surface area contributed by atoms with Crippen LogP contribution in [0.15, 0.2) is 30.3 Å². The highest BCUT2D eigenvalue weighted by molar-refractivity contribution is 5.16. The number of fused-ring (bicyclic) bond motifs is 1. The number of hydrogen-bond acceptors (Lipinski definition) is 3. The Morgan fingerprint density at radius 2 is 1.67 bits per heavy atom. The molecule has 1 unspecified atom stereocenters. The van der Waals surface area contributed by atoms with E-state index in [1.807, 2.05) is 0 Å². The predicted molar refractivity (Wildman–Crippen MR) is 93.8 cm³/mol. The van der Waals surface area contributed by atoms with E-state index in [0.29, 0.717) is 19.3 Å². The van der Waals surface area contributed by atoms with Gasteiger partial charge in [-0.1, -0.05) is 51.1 Å². The molecule has 132 valence electrons. The van der Waals surface area contributed by atoms with Gasteiger partial charge in [0.1, 0.15) is 0 Å². The molecule has 1 aliphatic carbocycles.